The van der Waals surface area contributed by atoms with Crippen molar-refractivity contribution in [3.63, 3.8) is 0 Å². The molecule has 13 heteroatoms. The number of aliphatic hydroxyl groups excluding tert-OH is 2. The summed E-state index contributed by atoms with van der Waals surface area (Å²) in [6.45, 7) is -0.755. The minimum absolute atomic E-state index is 0.0663. The Balaban J connectivity index is 1.93. The van der Waals surface area contributed by atoms with Gasteiger partial charge in [-0.25, -0.2) is 13.8 Å². The molecular weight excluding hydrogens is 377 g/mol. The fraction of sp³-hybridized carbons (Fsp3) is 0.467. The monoisotopic (exact) mass is 395 g/mol. The number of ether oxygens (including phenoxy) is 1. The van der Waals surface area contributed by atoms with Gasteiger partial charge in [-0.1, -0.05) is 0 Å². The number of aromatic nitrogens is 6. The van der Waals surface area contributed by atoms with Crippen LogP contribution in [0.1, 0.15) is 11.9 Å². The number of aliphatic hydroxyl groups is 2. The molecule has 1 aliphatic heterocycles. The molecule has 0 bridgehead atoms. The summed E-state index contributed by atoms with van der Waals surface area (Å²) in [6.07, 6.45) is -4.80. The third-order valence-corrected chi connectivity index (χ3v) is 4.64. The van der Waals surface area contributed by atoms with Crippen LogP contribution in [0, 0.1) is 0 Å². The van der Waals surface area contributed by atoms with E-state index in [4.69, 9.17) is 10.5 Å². The van der Waals surface area contributed by atoms with Crippen molar-refractivity contribution >= 4 is 17.1 Å². The molecule has 3 aromatic heterocycles. The number of anilines is 1. The van der Waals surface area contributed by atoms with Crippen LogP contribution in [0.25, 0.3) is 11.2 Å². The van der Waals surface area contributed by atoms with E-state index < -0.39 is 42.5 Å². The Bertz CT molecular complexity index is 1150. The molecule has 4 atom stereocenters. The molecule has 5 N–H and O–H groups in total. The van der Waals surface area contributed by atoms with Crippen molar-refractivity contribution in [3.05, 3.63) is 38.8 Å². The molecule has 0 unspecified atom stereocenters. The highest BCUT2D eigenvalue weighted by molar-refractivity contribution is 5.72. The third-order valence-electron chi connectivity index (χ3n) is 4.64. The second-order valence-corrected chi connectivity index (χ2v) is 6.53. The van der Waals surface area contributed by atoms with Gasteiger partial charge in [0.15, 0.2) is 23.6 Å². The normalized spacial score (nSPS) is 25.0. The summed E-state index contributed by atoms with van der Waals surface area (Å²) in [7, 11) is 1.70. The van der Waals surface area contributed by atoms with E-state index >= 15 is 0 Å². The van der Waals surface area contributed by atoms with Gasteiger partial charge in [0.2, 0.25) is 5.95 Å². The predicted molar refractivity (Wildman–Crippen MR) is 93.2 cm³/mol. The van der Waals surface area contributed by atoms with Crippen molar-refractivity contribution in [3.8, 4) is 0 Å². The molecule has 1 fully saturated rings. The molecule has 1 saturated heterocycles. The predicted octanol–water partition coefficient (Wildman–Crippen LogP) is -2.16. The number of H-pyrrole nitrogens is 1. The molecular formula is C15H18FN7O5. The summed E-state index contributed by atoms with van der Waals surface area (Å²) in [5.74, 6) is -0.260. The van der Waals surface area contributed by atoms with Gasteiger partial charge in [-0.3, -0.25) is 19.0 Å². The van der Waals surface area contributed by atoms with Gasteiger partial charge in [-0.15, -0.1) is 0 Å². The van der Waals surface area contributed by atoms with Crippen LogP contribution in [0.3, 0.4) is 0 Å². The lowest BCUT2D eigenvalue weighted by atomic mass is 10.1. The van der Waals surface area contributed by atoms with E-state index in [0.717, 1.165) is 9.13 Å². The van der Waals surface area contributed by atoms with Crippen LogP contribution < -0.4 is 17.0 Å². The minimum atomic E-state index is -1.92. The lowest BCUT2D eigenvalue weighted by Gasteiger charge is -2.15. The van der Waals surface area contributed by atoms with E-state index in [0.29, 0.717) is 5.69 Å². The molecule has 150 valence electrons. The van der Waals surface area contributed by atoms with E-state index in [1.54, 1.807) is 19.3 Å². The van der Waals surface area contributed by atoms with Crippen LogP contribution in [0.15, 0.2) is 21.9 Å². The molecule has 0 amide bonds. The second-order valence-electron chi connectivity index (χ2n) is 6.53. The number of alkyl halides is 1. The fourth-order valence-electron chi connectivity index (χ4n) is 3.35. The van der Waals surface area contributed by atoms with Crippen molar-refractivity contribution in [2.45, 2.75) is 31.2 Å². The zero-order valence-electron chi connectivity index (χ0n) is 14.7. The molecule has 1 aliphatic rings. The highest BCUT2D eigenvalue weighted by Gasteiger charge is 2.46. The number of halogens is 1. The number of nitrogens with one attached hydrogen (secondary N) is 1. The molecule has 4 heterocycles. The van der Waals surface area contributed by atoms with Gasteiger partial charge in [-0.2, -0.15) is 10.1 Å². The molecule has 28 heavy (non-hydrogen) atoms. The van der Waals surface area contributed by atoms with E-state index in [-0.39, 0.29) is 23.7 Å². The summed E-state index contributed by atoms with van der Waals surface area (Å²) < 4.78 is 23.0. The lowest BCUT2D eigenvalue weighted by Crippen LogP contribution is -2.34. The number of fused-ring (bicyclic) bond motifs is 1. The number of nitrogen functional groups attached to an aromatic ring is 1. The van der Waals surface area contributed by atoms with Gasteiger partial charge in [-0.05, 0) is 6.07 Å². The Morgan fingerprint density at radius 2 is 2.18 bits per heavy atom. The van der Waals surface area contributed by atoms with Crippen LogP contribution in [0.4, 0.5) is 10.3 Å². The maximum absolute atomic E-state index is 14.2. The van der Waals surface area contributed by atoms with Crippen molar-refractivity contribution in [2.75, 3.05) is 12.3 Å². The number of aryl methyl sites for hydroxylation is 1. The second kappa shape index (κ2) is 6.54. The average molecular weight is 395 g/mol. The Labute approximate surface area is 155 Å². The lowest BCUT2D eigenvalue weighted by molar-refractivity contribution is -0.0513. The molecule has 12 nitrogen and oxygen atoms in total. The van der Waals surface area contributed by atoms with Crippen LogP contribution in [0.5, 0.6) is 0 Å². The number of nitrogens with zero attached hydrogens (tertiary/aromatic N) is 5. The number of hydrogen-bond donors (Lipinski definition) is 4. The molecule has 0 spiro atoms. The first-order chi connectivity index (χ1) is 13.3. The van der Waals surface area contributed by atoms with E-state index in [9.17, 15) is 24.2 Å². The summed E-state index contributed by atoms with van der Waals surface area (Å²) in [5, 5.41) is 23.6. The van der Waals surface area contributed by atoms with Crippen molar-refractivity contribution < 1.29 is 19.3 Å². The maximum Gasteiger partial charge on any atom is 0.333 e. The molecule has 3 aromatic rings. The topological polar surface area (TPSA) is 166 Å². The largest absolute Gasteiger partial charge is 0.394 e. The van der Waals surface area contributed by atoms with Crippen molar-refractivity contribution in [2.24, 2.45) is 7.05 Å². The van der Waals surface area contributed by atoms with E-state index in [2.05, 4.69) is 15.1 Å². The molecule has 0 saturated carbocycles. The highest BCUT2D eigenvalue weighted by atomic mass is 19.1. The van der Waals surface area contributed by atoms with Crippen LogP contribution in [-0.4, -0.2) is 64.1 Å². The number of nitrogens with two attached hydrogens (primary N) is 1. The summed E-state index contributed by atoms with van der Waals surface area (Å²) in [4.78, 5) is 31.8. The van der Waals surface area contributed by atoms with E-state index in [1.165, 1.54) is 4.68 Å². The smallest absolute Gasteiger partial charge is 0.333 e. The third kappa shape index (κ3) is 2.71. The van der Waals surface area contributed by atoms with Crippen LogP contribution in [0.2, 0.25) is 0 Å². The summed E-state index contributed by atoms with van der Waals surface area (Å²) in [5.41, 5.74) is 4.35. The number of aromatic amines is 1. The number of rotatable bonds is 4. The Hall–Kier alpha value is -3.03. The van der Waals surface area contributed by atoms with E-state index in [1.807, 2.05) is 0 Å². The van der Waals surface area contributed by atoms with Gasteiger partial charge >= 0.3 is 5.69 Å². The SMILES string of the molecule is Cn1ccc(Cn2c(=O)n([C@@H]3O[C@H](CO)[C@@H](F)[C@H]3O)c3nc(N)[nH]c(=O)c32)n1. The Kier molecular flexibility index (Phi) is 4.28. The molecule has 0 aliphatic carbocycles. The summed E-state index contributed by atoms with van der Waals surface area (Å²) in [6, 6.07) is 1.66. The number of hydrogen-bond acceptors (Lipinski definition) is 8. The Morgan fingerprint density at radius 3 is 2.79 bits per heavy atom. The van der Waals surface area contributed by atoms with Gasteiger partial charge in [0.25, 0.3) is 5.56 Å². The fourth-order valence-corrected chi connectivity index (χ4v) is 3.35. The zero-order chi connectivity index (χ0) is 20.2. The highest BCUT2D eigenvalue weighted by Crippen LogP contribution is 2.32. The number of imidazole rings is 1. The minimum Gasteiger partial charge on any atom is -0.394 e. The standard InChI is InChI=1S/C15H18FN7O5/c1-21-3-2-6(20-21)4-22-9-11(18-14(17)19-12(9)26)23(15(22)27)13-10(25)8(16)7(5-24)28-13/h2-3,7-8,10,13,24-25H,4-5H2,1H3,(H3,17,18,19,26)/t7-,8-,10-,13-/m1/s1. The molecule has 0 radical (unpaired) electrons. The van der Waals surface area contributed by atoms with Crippen LogP contribution >= 0.6 is 0 Å². The molecule has 4 rings (SSSR count). The molecule has 0 aromatic carbocycles. The first-order valence-electron chi connectivity index (χ1n) is 8.39. The average Bonchev–Trinajstić information content (AvgIpc) is 3.25. The van der Waals surface area contributed by atoms with Gasteiger partial charge in [0.1, 0.15) is 12.2 Å². The van der Waals surface area contributed by atoms with Gasteiger partial charge in [0, 0.05) is 13.2 Å². The first kappa shape index (κ1) is 18.3. The van der Waals surface area contributed by atoms with Gasteiger partial charge < -0.3 is 20.7 Å². The summed E-state index contributed by atoms with van der Waals surface area (Å²) >= 11 is 0. The van der Waals surface area contributed by atoms with Crippen molar-refractivity contribution in [1.29, 1.82) is 0 Å². The Morgan fingerprint density at radius 1 is 1.43 bits per heavy atom. The van der Waals surface area contributed by atoms with Crippen molar-refractivity contribution in [1.82, 2.24) is 28.9 Å². The van der Waals surface area contributed by atoms with Crippen LogP contribution in [-0.2, 0) is 18.3 Å². The van der Waals surface area contributed by atoms with Gasteiger partial charge in [0.05, 0.1) is 18.8 Å². The maximum atomic E-state index is 14.2. The quantitative estimate of drug-likeness (QED) is 0.388. The zero-order valence-corrected chi connectivity index (χ0v) is 14.7. The first-order valence-corrected chi connectivity index (χ1v) is 8.39.